The maximum absolute atomic E-state index is 13.1. The molecule has 0 aromatic carbocycles. The zero-order valence-corrected chi connectivity index (χ0v) is 13.5. The van der Waals surface area contributed by atoms with E-state index in [0.29, 0.717) is 25.3 Å². The third-order valence-corrected chi connectivity index (χ3v) is 5.09. The Hall–Kier alpha value is -2.38. The van der Waals surface area contributed by atoms with E-state index in [1.54, 1.807) is 4.90 Å². The zero-order chi connectivity index (χ0) is 16.7. The van der Waals surface area contributed by atoms with Crippen molar-refractivity contribution in [1.29, 1.82) is 0 Å². The first-order chi connectivity index (χ1) is 11.6. The third-order valence-electron chi connectivity index (χ3n) is 5.09. The molecule has 1 aliphatic carbocycles. The molecule has 3 N–H and O–H groups in total. The van der Waals surface area contributed by atoms with Crippen LogP contribution in [0, 0.1) is 0 Å². The Kier molecular flexibility index (Phi) is 3.54. The number of anilines is 1. The van der Waals surface area contributed by atoms with Crippen LogP contribution in [-0.2, 0) is 17.6 Å². The fraction of sp³-hybridized carbons (Fsp3) is 0.625. The number of fused-ring (bicyclic) bond motifs is 1. The van der Waals surface area contributed by atoms with E-state index in [-0.39, 0.29) is 11.9 Å². The largest absolute Gasteiger partial charge is 0.439 e. The van der Waals surface area contributed by atoms with Crippen LogP contribution in [0.3, 0.4) is 0 Å². The van der Waals surface area contributed by atoms with Gasteiger partial charge >= 0.3 is 6.09 Å². The van der Waals surface area contributed by atoms with Crippen molar-refractivity contribution >= 4 is 17.9 Å². The molecule has 8 nitrogen and oxygen atoms in total. The number of ether oxygens (including phenoxy) is 1. The molecule has 4 rings (SSSR count). The summed E-state index contributed by atoms with van der Waals surface area (Å²) in [6, 6.07) is 0. The van der Waals surface area contributed by atoms with Gasteiger partial charge in [-0.3, -0.25) is 4.79 Å². The van der Waals surface area contributed by atoms with Crippen LogP contribution < -0.4 is 11.1 Å². The molecule has 0 saturated carbocycles. The molecule has 0 bridgehead atoms. The van der Waals surface area contributed by atoms with Crippen molar-refractivity contribution in [2.24, 2.45) is 0 Å². The van der Waals surface area contributed by atoms with E-state index in [9.17, 15) is 9.59 Å². The maximum atomic E-state index is 13.1. The van der Waals surface area contributed by atoms with Crippen molar-refractivity contribution in [3.05, 3.63) is 17.0 Å². The van der Waals surface area contributed by atoms with E-state index < -0.39 is 11.7 Å². The highest BCUT2D eigenvalue weighted by molar-refractivity contribution is 5.94. The molecule has 0 radical (unpaired) electrons. The number of alkyl carbamates (subject to hydrolysis) is 1. The molecule has 2 amide bonds. The van der Waals surface area contributed by atoms with Gasteiger partial charge in [-0.15, -0.1) is 0 Å². The highest BCUT2D eigenvalue weighted by atomic mass is 16.6. The van der Waals surface area contributed by atoms with E-state index in [1.165, 1.54) is 0 Å². The second kappa shape index (κ2) is 5.61. The molecule has 2 fully saturated rings. The SMILES string of the molecule is Nc1nc2c(c(C(=O)N3CCC[C@@]4(CNC(=O)O4)C3)n1)CCCC2. The molecule has 24 heavy (non-hydrogen) atoms. The molecule has 3 heterocycles. The van der Waals surface area contributed by atoms with Crippen molar-refractivity contribution in [3.8, 4) is 0 Å². The summed E-state index contributed by atoms with van der Waals surface area (Å²) < 4.78 is 5.44. The van der Waals surface area contributed by atoms with Gasteiger partial charge in [-0.25, -0.2) is 14.8 Å². The van der Waals surface area contributed by atoms with Gasteiger partial charge in [0.15, 0.2) is 0 Å². The summed E-state index contributed by atoms with van der Waals surface area (Å²) in [5.74, 6) is 0.0176. The van der Waals surface area contributed by atoms with Crippen LogP contribution in [0.4, 0.5) is 10.7 Å². The summed E-state index contributed by atoms with van der Waals surface area (Å²) in [4.78, 5) is 34.8. The van der Waals surface area contributed by atoms with Gasteiger partial charge in [0, 0.05) is 17.8 Å². The number of rotatable bonds is 1. The van der Waals surface area contributed by atoms with Crippen molar-refractivity contribution in [2.75, 3.05) is 25.4 Å². The van der Waals surface area contributed by atoms with Gasteiger partial charge in [0.05, 0.1) is 13.1 Å². The normalized spacial score (nSPS) is 26.0. The number of hydrogen-bond acceptors (Lipinski definition) is 6. The fourth-order valence-electron chi connectivity index (χ4n) is 3.94. The Bertz CT molecular complexity index is 707. The first-order valence-corrected chi connectivity index (χ1v) is 8.48. The van der Waals surface area contributed by atoms with E-state index in [2.05, 4.69) is 15.3 Å². The predicted octanol–water partition coefficient (Wildman–Crippen LogP) is 0.652. The number of amides is 2. The lowest BCUT2D eigenvalue weighted by Crippen LogP contribution is -2.52. The van der Waals surface area contributed by atoms with E-state index in [1.807, 2.05) is 0 Å². The molecule has 2 saturated heterocycles. The van der Waals surface area contributed by atoms with Crippen molar-refractivity contribution < 1.29 is 14.3 Å². The quantitative estimate of drug-likeness (QED) is 0.782. The number of carbonyl (C=O) groups is 2. The molecule has 1 spiro atoms. The van der Waals surface area contributed by atoms with Gasteiger partial charge in [-0.2, -0.15) is 0 Å². The molecule has 8 heteroatoms. The molecule has 2 aliphatic heterocycles. The van der Waals surface area contributed by atoms with Crippen LogP contribution in [0.1, 0.15) is 47.4 Å². The summed E-state index contributed by atoms with van der Waals surface area (Å²) in [6.45, 7) is 1.47. The Balaban J connectivity index is 1.62. The van der Waals surface area contributed by atoms with Crippen molar-refractivity contribution in [2.45, 2.75) is 44.1 Å². The number of nitrogens with zero attached hydrogens (tertiary/aromatic N) is 3. The number of aryl methyl sites for hydroxylation is 1. The van der Waals surface area contributed by atoms with Crippen molar-refractivity contribution in [3.63, 3.8) is 0 Å². The summed E-state index contributed by atoms with van der Waals surface area (Å²) in [5.41, 5.74) is 7.46. The van der Waals surface area contributed by atoms with Crippen LogP contribution in [0.2, 0.25) is 0 Å². The lowest BCUT2D eigenvalue weighted by molar-refractivity contribution is -0.00529. The first-order valence-electron chi connectivity index (χ1n) is 8.48. The lowest BCUT2D eigenvalue weighted by atomic mass is 9.91. The molecule has 1 aromatic rings. The second-order valence-electron chi connectivity index (χ2n) is 6.82. The first kappa shape index (κ1) is 15.2. The van der Waals surface area contributed by atoms with Crippen molar-refractivity contribution in [1.82, 2.24) is 20.2 Å². The zero-order valence-electron chi connectivity index (χ0n) is 13.5. The summed E-state index contributed by atoms with van der Waals surface area (Å²) in [6.07, 6.45) is 4.90. The Morgan fingerprint density at radius 2 is 2.08 bits per heavy atom. The number of nitrogens with two attached hydrogens (primary N) is 1. The number of nitrogens with one attached hydrogen (secondary N) is 1. The van der Waals surface area contributed by atoms with Gasteiger partial charge in [-0.1, -0.05) is 0 Å². The Morgan fingerprint density at radius 3 is 2.88 bits per heavy atom. The number of nitrogen functional groups attached to an aromatic ring is 1. The molecule has 1 aromatic heterocycles. The molecule has 128 valence electrons. The van der Waals surface area contributed by atoms with Crippen LogP contribution in [-0.4, -0.2) is 52.1 Å². The Labute approximate surface area is 139 Å². The van der Waals surface area contributed by atoms with Crippen LogP contribution in [0.25, 0.3) is 0 Å². The molecule has 0 unspecified atom stereocenters. The second-order valence-corrected chi connectivity index (χ2v) is 6.82. The summed E-state index contributed by atoms with van der Waals surface area (Å²) in [7, 11) is 0. The van der Waals surface area contributed by atoms with E-state index in [4.69, 9.17) is 10.5 Å². The van der Waals surface area contributed by atoms with E-state index in [0.717, 1.165) is 49.8 Å². The highest BCUT2D eigenvalue weighted by Gasteiger charge is 2.45. The van der Waals surface area contributed by atoms with Gasteiger partial charge in [0.1, 0.15) is 11.3 Å². The van der Waals surface area contributed by atoms with Gasteiger partial charge in [0.25, 0.3) is 5.91 Å². The van der Waals surface area contributed by atoms with Gasteiger partial charge < -0.3 is 20.7 Å². The number of piperidine rings is 1. The minimum atomic E-state index is -0.608. The minimum Gasteiger partial charge on any atom is -0.439 e. The average molecular weight is 331 g/mol. The molecular formula is C16H21N5O3. The average Bonchev–Trinajstić information content (AvgIpc) is 2.93. The number of aromatic nitrogens is 2. The van der Waals surface area contributed by atoms with Crippen LogP contribution >= 0.6 is 0 Å². The van der Waals surface area contributed by atoms with Gasteiger partial charge in [-0.05, 0) is 38.5 Å². The number of carbonyl (C=O) groups excluding carboxylic acids is 2. The highest BCUT2D eigenvalue weighted by Crippen LogP contribution is 2.30. The van der Waals surface area contributed by atoms with E-state index >= 15 is 0 Å². The smallest absolute Gasteiger partial charge is 0.407 e. The van der Waals surface area contributed by atoms with Gasteiger partial charge in [0.2, 0.25) is 5.95 Å². The number of hydrogen-bond donors (Lipinski definition) is 2. The van der Waals surface area contributed by atoms with Crippen LogP contribution in [0.15, 0.2) is 0 Å². The molecule has 3 aliphatic rings. The standard InChI is InChI=1S/C16H21N5O3/c17-14-19-11-5-2-1-4-10(11)12(20-14)13(22)21-7-3-6-16(9-21)8-18-15(23)24-16/h1-9H2,(H,18,23)(H2,17,19,20)/t16-/m1/s1. The number of likely N-dealkylation sites (tertiary alicyclic amines) is 1. The third kappa shape index (κ3) is 2.55. The topological polar surface area (TPSA) is 110 Å². The molecular weight excluding hydrogens is 310 g/mol. The minimum absolute atomic E-state index is 0.135. The summed E-state index contributed by atoms with van der Waals surface area (Å²) in [5, 5.41) is 2.69. The fourth-order valence-corrected chi connectivity index (χ4v) is 3.94. The lowest BCUT2D eigenvalue weighted by Gasteiger charge is -2.38. The van der Waals surface area contributed by atoms with Crippen LogP contribution in [0.5, 0.6) is 0 Å². The maximum Gasteiger partial charge on any atom is 0.407 e. The summed E-state index contributed by atoms with van der Waals surface area (Å²) >= 11 is 0. The predicted molar refractivity (Wildman–Crippen MR) is 85.4 cm³/mol. The monoisotopic (exact) mass is 331 g/mol. The Morgan fingerprint density at radius 1 is 1.25 bits per heavy atom. The molecule has 1 atom stereocenters.